The van der Waals surface area contributed by atoms with Crippen LogP contribution in [0.3, 0.4) is 0 Å². The normalized spacial score (nSPS) is 17.8. The first-order valence-corrected chi connectivity index (χ1v) is 14.0. The zero-order chi connectivity index (χ0) is 26.7. The summed E-state index contributed by atoms with van der Waals surface area (Å²) in [4.78, 5) is 14.1. The number of imidazole rings is 1. The number of aromatic nitrogens is 4. The third-order valence-electron chi connectivity index (χ3n) is 6.58. The highest BCUT2D eigenvalue weighted by molar-refractivity contribution is 7.92. The SMILES string of the molecule is CCn1cnc2c(Nc3cccc(NS(=O)(=O)c4ccc(OC)cc4)c3)nc(N[C@H]3CC[C@H](O)CC3)nc21. The Bertz CT molecular complexity index is 1510. The lowest BCUT2D eigenvalue weighted by atomic mass is 9.93. The molecular formula is C26H31N7O4S. The van der Waals surface area contributed by atoms with Crippen LogP contribution in [-0.4, -0.2) is 52.3 Å². The summed E-state index contributed by atoms with van der Waals surface area (Å²) in [6.07, 6.45) is 4.66. The van der Waals surface area contributed by atoms with Crippen LogP contribution < -0.4 is 20.1 Å². The van der Waals surface area contributed by atoms with E-state index in [2.05, 4.69) is 20.3 Å². The first-order valence-electron chi connectivity index (χ1n) is 12.6. The van der Waals surface area contributed by atoms with Gasteiger partial charge < -0.3 is 25.0 Å². The molecule has 0 radical (unpaired) electrons. The summed E-state index contributed by atoms with van der Waals surface area (Å²) in [5.74, 6) is 1.57. The molecule has 38 heavy (non-hydrogen) atoms. The molecule has 0 amide bonds. The molecule has 4 N–H and O–H groups in total. The van der Waals surface area contributed by atoms with Gasteiger partial charge in [0.05, 0.1) is 30.1 Å². The van der Waals surface area contributed by atoms with Crippen molar-refractivity contribution in [1.29, 1.82) is 0 Å². The van der Waals surface area contributed by atoms with Gasteiger partial charge in [0.15, 0.2) is 17.0 Å². The largest absolute Gasteiger partial charge is 0.497 e. The molecule has 0 saturated heterocycles. The summed E-state index contributed by atoms with van der Waals surface area (Å²) in [6.45, 7) is 2.72. The molecule has 4 aromatic rings. The minimum Gasteiger partial charge on any atom is -0.497 e. The number of fused-ring (bicyclic) bond motifs is 1. The van der Waals surface area contributed by atoms with Gasteiger partial charge in [0.1, 0.15) is 5.75 Å². The second kappa shape index (κ2) is 10.8. The van der Waals surface area contributed by atoms with Gasteiger partial charge in [0, 0.05) is 18.3 Å². The van der Waals surface area contributed by atoms with E-state index in [9.17, 15) is 13.5 Å². The summed E-state index contributed by atoms with van der Waals surface area (Å²) in [5, 5.41) is 16.5. The highest BCUT2D eigenvalue weighted by Crippen LogP contribution is 2.28. The van der Waals surface area contributed by atoms with Gasteiger partial charge in [-0.05, 0) is 75.1 Å². The third kappa shape index (κ3) is 5.65. The van der Waals surface area contributed by atoms with Gasteiger partial charge in [-0.3, -0.25) is 4.72 Å². The van der Waals surface area contributed by atoms with Gasteiger partial charge in [-0.1, -0.05) is 6.07 Å². The van der Waals surface area contributed by atoms with Crippen LogP contribution in [0.15, 0.2) is 59.8 Å². The Kier molecular flexibility index (Phi) is 7.34. The summed E-state index contributed by atoms with van der Waals surface area (Å²) < 4.78 is 35.5. The maximum Gasteiger partial charge on any atom is 0.261 e. The number of aliphatic hydroxyl groups is 1. The fraction of sp³-hybridized carbons (Fsp3) is 0.346. The molecule has 2 aromatic heterocycles. The van der Waals surface area contributed by atoms with Crippen LogP contribution in [0.2, 0.25) is 0 Å². The van der Waals surface area contributed by atoms with Crippen LogP contribution in [0.4, 0.5) is 23.1 Å². The van der Waals surface area contributed by atoms with E-state index in [-0.39, 0.29) is 17.0 Å². The van der Waals surface area contributed by atoms with E-state index >= 15 is 0 Å². The Morgan fingerprint density at radius 2 is 1.79 bits per heavy atom. The summed E-state index contributed by atoms with van der Waals surface area (Å²) in [6, 6.07) is 13.3. The van der Waals surface area contributed by atoms with Crippen molar-refractivity contribution in [2.45, 2.75) is 56.2 Å². The molecule has 12 heteroatoms. The molecule has 200 valence electrons. The molecule has 1 saturated carbocycles. The number of nitrogens with zero attached hydrogens (tertiary/aromatic N) is 4. The van der Waals surface area contributed by atoms with Crippen molar-refractivity contribution >= 4 is 44.3 Å². The zero-order valence-corrected chi connectivity index (χ0v) is 22.1. The van der Waals surface area contributed by atoms with E-state index in [0.29, 0.717) is 46.6 Å². The third-order valence-corrected chi connectivity index (χ3v) is 7.98. The number of nitrogens with one attached hydrogen (secondary N) is 3. The lowest BCUT2D eigenvalue weighted by Crippen LogP contribution is -2.29. The van der Waals surface area contributed by atoms with Crippen molar-refractivity contribution in [2.75, 3.05) is 22.5 Å². The molecule has 0 spiro atoms. The Labute approximate surface area is 221 Å². The van der Waals surface area contributed by atoms with Crippen LogP contribution in [0.5, 0.6) is 5.75 Å². The maximum absolute atomic E-state index is 12.9. The minimum absolute atomic E-state index is 0.130. The van der Waals surface area contributed by atoms with E-state index in [1.54, 1.807) is 36.7 Å². The number of benzene rings is 2. The van der Waals surface area contributed by atoms with Crippen molar-refractivity contribution in [3.8, 4) is 5.75 Å². The lowest BCUT2D eigenvalue weighted by molar-refractivity contribution is 0.126. The molecule has 1 fully saturated rings. The lowest BCUT2D eigenvalue weighted by Gasteiger charge is -2.26. The van der Waals surface area contributed by atoms with E-state index in [0.717, 1.165) is 25.7 Å². The predicted molar refractivity (Wildman–Crippen MR) is 146 cm³/mol. The monoisotopic (exact) mass is 537 g/mol. The summed E-state index contributed by atoms with van der Waals surface area (Å²) in [5.41, 5.74) is 2.34. The summed E-state index contributed by atoms with van der Waals surface area (Å²) >= 11 is 0. The number of sulfonamides is 1. The quantitative estimate of drug-likeness (QED) is 0.248. The van der Waals surface area contributed by atoms with E-state index in [4.69, 9.17) is 14.7 Å². The molecule has 1 aliphatic carbocycles. The highest BCUT2D eigenvalue weighted by Gasteiger charge is 2.21. The van der Waals surface area contributed by atoms with Crippen LogP contribution in [-0.2, 0) is 16.6 Å². The maximum atomic E-state index is 12.9. The van der Waals surface area contributed by atoms with Gasteiger partial charge in [0.25, 0.3) is 10.0 Å². The number of hydrogen-bond donors (Lipinski definition) is 4. The number of hydrogen-bond acceptors (Lipinski definition) is 9. The van der Waals surface area contributed by atoms with Gasteiger partial charge in [-0.2, -0.15) is 9.97 Å². The molecule has 1 aliphatic rings. The van der Waals surface area contributed by atoms with Gasteiger partial charge in [-0.25, -0.2) is 13.4 Å². The van der Waals surface area contributed by atoms with Crippen LogP contribution in [0.1, 0.15) is 32.6 Å². The number of anilines is 4. The first-order chi connectivity index (χ1) is 18.3. The highest BCUT2D eigenvalue weighted by atomic mass is 32.2. The minimum atomic E-state index is -3.79. The standard InChI is InChI=1S/C26H31N7O4S/c1-3-33-16-27-23-24(30-26(31-25(23)33)29-17-7-9-20(34)10-8-17)28-18-5-4-6-19(15-18)32-38(35,36)22-13-11-21(37-2)12-14-22/h4-6,11-17,20,32,34H,3,7-10H2,1-2H3,(H2,28,29,30,31)/t17-,20-. The molecule has 0 atom stereocenters. The first kappa shape index (κ1) is 25.7. The second-order valence-electron chi connectivity index (χ2n) is 9.24. The average Bonchev–Trinajstić information content (AvgIpc) is 3.33. The zero-order valence-electron chi connectivity index (χ0n) is 21.3. The van der Waals surface area contributed by atoms with E-state index < -0.39 is 10.0 Å². The number of rotatable bonds is 9. The Hall–Kier alpha value is -3.90. The molecule has 0 bridgehead atoms. The van der Waals surface area contributed by atoms with Gasteiger partial charge >= 0.3 is 0 Å². The van der Waals surface area contributed by atoms with Crippen molar-refractivity contribution in [3.05, 3.63) is 54.9 Å². The molecule has 11 nitrogen and oxygen atoms in total. The Balaban J connectivity index is 1.40. The molecule has 0 aliphatic heterocycles. The smallest absolute Gasteiger partial charge is 0.261 e. The van der Waals surface area contributed by atoms with E-state index in [1.807, 2.05) is 17.6 Å². The molecule has 5 rings (SSSR count). The van der Waals surface area contributed by atoms with Crippen LogP contribution in [0.25, 0.3) is 11.2 Å². The van der Waals surface area contributed by atoms with E-state index in [1.165, 1.54) is 19.2 Å². The summed E-state index contributed by atoms with van der Waals surface area (Å²) in [7, 11) is -2.27. The fourth-order valence-corrected chi connectivity index (χ4v) is 5.55. The second-order valence-corrected chi connectivity index (χ2v) is 10.9. The van der Waals surface area contributed by atoms with Crippen LogP contribution in [0, 0.1) is 0 Å². The molecular weight excluding hydrogens is 506 g/mol. The molecule has 2 heterocycles. The number of aryl methyl sites for hydroxylation is 1. The fourth-order valence-electron chi connectivity index (χ4n) is 4.50. The Morgan fingerprint density at radius 3 is 2.50 bits per heavy atom. The Morgan fingerprint density at radius 1 is 1.05 bits per heavy atom. The van der Waals surface area contributed by atoms with Crippen molar-refractivity contribution in [2.24, 2.45) is 0 Å². The van der Waals surface area contributed by atoms with Crippen LogP contribution >= 0.6 is 0 Å². The van der Waals surface area contributed by atoms with Gasteiger partial charge in [0.2, 0.25) is 5.95 Å². The average molecular weight is 538 g/mol. The number of aliphatic hydroxyl groups excluding tert-OH is 1. The van der Waals surface area contributed by atoms with Crippen molar-refractivity contribution < 1.29 is 18.3 Å². The van der Waals surface area contributed by atoms with Gasteiger partial charge in [-0.15, -0.1) is 0 Å². The predicted octanol–water partition coefficient (Wildman–Crippen LogP) is 4.11. The molecule has 2 aromatic carbocycles. The molecule has 0 unspecified atom stereocenters. The van der Waals surface area contributed by atoms with Crippen molar-refractivity contribution in [1.82, 2.24) is 19.5 Å². The number of methoxy groups -OCH3 is 1. The number of ether oxygens (including phenoxy) is 1. The van der Waals surface area contributed by atoms with Crippen molar-refractivity contribution in [3.63, 3.8) is 0 Å². The topological polar surface area (TPSA) is 143 Å².